The van der Waals surface area contributed by atoms with Crippen molar-refractivity contribution in [2.24, 2.45) is 0 Å². The van der Waals surface area contributed by atoms with Crippen LogP contribution in [0.5, 0.6) is 0 Å². The first-order valence-electron chi connectivity index (χ1n) is 5.73. The summed E-state index contributed by atoms with van der Waals surface area (Å²) in [5, 5.41) is 7.98. The number of rotatable bonds is 3. The minimum atomic E-state index is -0.214. The van der Waals surface area contributed by atoms with E-state index >= 15 is 0 Å². The van der Waals surface area contributed by atoms with E-state index in [1.54, 1.807) is 47.4 Å². The summed E-state index contributed by atoms with van der Waals surface area (Å²) in [4.78, 5) is 20.3. The van der Waals surface area contributed by atoms with Crippen LogP contribution in [0.15, 0.2) is 49.1 Å². The Labute approximate surface area is 119 Å². The normalized spacial score (nSPS) is 10.4. The Bertz CT molecular complexity index is 739. The van der Waals surface area contributed by atoms with Crippen LogP contribution in [0.25, 0.3) is 5.82 Å². The van der Waals surface area contributed by atoms with Gasteiger partial charge < -0.3 is 0 Å². The Kier molecular flexibility index (Phi) is 3.22. The van der Waals surface area contributed by atoms with Crippen LogP contribution >= 0.6 is 11.6 Å². The lowest BCUT2D eigenvalue weighted by Crippen LogP contribution is -2.11. The van der Waals surface area contributed by atoms with Crippen molar-refractivity contribution < 1.29 is 4.79 Å². The third-order valence-electron chi connectivity index (χ3n) is 2.65. The molecular weight excluding hydrogens is 278 g/mol. The number of carbonyl (C=O) groups is 1. The lowest BCUT2D eigenvalue weighted by Gasteiger charge is -2.05. The second-order valence-corrected chi connectivity index (χ2v) is 4.29. The summed E-state index contributed by atoms with van der Waals surface area (Å²) in [7, 11) is 0. The van der Waals surface area contributed by atoms with Crippen molar-refractivity contribution in [2.75, 3.05) is 0 Å². The molecule has 0 radical (unpaired) electrons. The fourth-order valence-electron chi connectivity index (χ4n) is 1.73. The van der Waals surface area contributed by atoms with E-state index in [0.717, 1.165) is 0 Å². The van der Waals surface area contributed by atoms with E-state index in [9.17, 15) is 4.79 Å². The first-order chi connectivity index (χ1) is 9.75. The molecule has 7 heteroatoms. The molecule has 0 aliphatic rings. The van der Waals surface area contributed by atoms with Gasteiger partial charge in [-0.3, -0.25) is 14.3 Å². The van der Waals surface area contributed by atoms with Gasteiger partial charge in [0.15, 0.2) is 16.8 Å². The van der Waals surface area contributed by atoms with Crippen LogP contribution < -0.4 is 0 Å². The van der Waals surface area contributed by atoms with Crippen molar-refractivity contribution in [2.45, 2.75) is 0 Å². The Hall–Kier alpha value is -2.60. The quantitative estimate of drug-likeness (QED) is 0.688. The molecule has 0 unspecified atom stereocenters. The minimum absolute atomic E-state index is 0.214. The zero-order valence-corrected chi connectivity index (χ0v) is 10.9. The topological polar surface area (TPSA) is 73.6 Å². The number of carbonyl (C=O) groups excluding carboxylic acids is 1. The van der Waals surface area contributed by atoms with Gasteiger partial charge >= 0.3 is 0 Å². The van der Waals surface area contributed by atoms with Gasteiger partial charge in [-0.25, -0.2) is 4.98 Å². The molecule has 0 amide bonds. The van der Waals surface area contributed by atoms with Crippen LogP contribution in [-0.2, 0) is 0 Å². The SMILES string of the molecule is O=C(c1ccncc1)c1nccn1-c1ccc(Cl)nn1. The maximum Gasteiger partial charge on any atom is 0.228 e. The van der Waals surface area contributed by atoms with Crippen molar-refractivity contribution in [3.63, 3.8) is 0 Å². The molecule has 0 aliphatic heterocycles. The van der Waals surface area contributed by atoms with Crippen LogP contribution in [0.2, 0.25) is 5.15 Å². The molecule has 0 fully saturated rings. The molecule has 0 bridgehead atoms. The lowest BCUT2D eigenvalue weighted by molar-refractivity contribution is 0.102. The average Bonchev–Trinajstić information content (AvgIpc) is 2.97. The highest BCUT2D eigenvalue weighted by molar-refractivity contribution is 6.29. The predicted octanol–water partition coefficient (Wildman–Crippen LogP) is 1.94. The third-order valence-corrected chi connectivity index (χ3v) is 2.85. The molecule has 3 heterocycles. The van der Waals surface area contributed by atoms with Gasteiger partial charge in [0.25, 0.3) is 0 Å². The van der Waals surface area contributed by atoms with Gasteiger partial charge in [0, 0.05) is 30.4 Å². The highest BCUT2D eigenvalue weighted by Crippen LogP contribution is 2.13. The molecule has 0 saturated heterocycles. The lowest BCUT2D eigenvalue weighted by atomic mass is 10.1. The van der Waals surface area contributed by atoms with Gasteiger partial charge in [-0.05, 0) is 24.3 Å². The summed E-state index contributed by atoms with van der Waals surface area (Å²) >= 11 is 5.70. The molecule has 3 aromatic rings. The van der Waals surface area contributed by atoms with E-state index < -0.39 is 0 Å². The summed E-state index contributed by atoms with van der Waals surface area (Å²) in [6.07, 6.45) is 6.29. The fraction of sp³-hybridized carbons (Fsp3) is 0. The first-order valence-corrected chi connectivity index (χ1v) is 6.11. The Morgan fingerprint density at radius 2 is 1.85 bits per heavy atom. The Balaban J connectivity index is 2.02. The van der Waals surface area contributed by atoms with E-state index in [0.29, 0.717) is 11.4 Å². The zero-order valence-electron chi connectivity index (χ0n) is 10.1. The van der Waals surface area contributed by atoms with Gasteiger partial charge in [-0.2, -0.15) is 0 Å². The zero-order chi connectivity index (χ0) is 13.9. The number of hydrogen-bond donors (Lipinski definition) is 0. The Morgan fingerprint density at radius 1 is 1.05 bits per heavy atom. The molecule has 0 saturated carbocycles. The number of aromatic nitrogens is 5. The second kappa shape index (κ2) is 5.18. The number of imidazole rings is 1. The Morgan fingerprint density at radius 3 is 2.55 bits per heavy atom. The number of halogens is 1. The van der Waals surface area contributed by atoms with Crippen molar-refractivity contribution >= 4 is 17.4 Å². The molecule has 0 aromatic carbocycles. The molecule has 20 heavy (non-hydrogen) atoms. The van der Waals surface area contributed by atoms with Crippen molar-refractivity contribution in [1.29, 1.82) is 0 Å². The van der Waals surface area contributed by atoms with E-state index in [4.69, 9.17) is 11.6 Å². The maximum absolute atomic E-state index is 12.4. The molecule has 0 N–H and O–H groups in total. The highest BCUT2D eigenvalue weighted by atomic mass is 35.5. The molecule has 3 rings (SSSR count). The van der Waals surface area contributed by atoms with Crippen LogP contribution in [0.4, 0.5) is 0 Å². The van der Waals surface area contributed by atoms with Crippen molar-refractivity contribution in [3.8, 4) is 5.82 Å². The molecule has 6 nitrogen and oxygen atoms in total. The van der Waals surface area contributed by atoms with Crippen LogP contribution in [-0.4, -0.2) is 30.5 Å². The molecule has 0 atom stereocenters. The smallest absolute Gasteiger partial charge is 0.228 e. The highest BCUT2D eigenvalue weighted by Gasteiger charge is 2.16. The molecule has 0 spiro atoms. The van der Waals surface area contributed by atoms with E-state index in [1.165, 1.54) is 6.20 Å². The summed E-state index contributed by atoms with van der Waals surface area (Å²) in [6.45, 7) is 0. The van der Waals surface area contributed by atoms with Crippen molar-refractivity contribution in [3.05, 3.63) is 65.6 Å². The fourth-order valence-corrected chi connectivity index (χ4v) is 1.83. The number of hydrogen-bond acceptors (Lipinski definition) is 5. The summed E-state index contributed by atoms with van der Waals surface area (Å²) in [5.41, 5.74) is 0.509. The molecule has 98 valence electrons. The monoisotopic (exact) mass is 285 g/mol. The number of ketones is 1. The predicted molar refractivity (Wildman–Crippen MR) is 71.8 cm³/mol. The summed E-state index contributed by atoms with van der Waals surface area (Å²) in [5.74, 6) is 0.520. The van der Waals surface area contributed by atoms with Gasteiger partial charge in [-0.1, -0.05) is 11.6 Å². The van der Waals surface area contributed by atoms with Crippen LogP contribution in [0.3, 0.4) is 0 Å². The third kappa shape index (κ3) is 2.28. The standard InChI is InChI=1S/C13H8ClN5O/c14-10-1-2-11(18-17-10)19-8-7-16-13(19)12(20)9-3-5-15-6-4-9/h1-8H. The first kappa shape index (κ1) is 12.4. The van der Waals surface area contributed by atoms with E-state index in [-0.39, 0.29) is 16.8 Å². The van der Waals surface area contributed by atoms with E-state index in [1.807, 2.05) is 0 Å². The van der Waals surface area contributed by atoms with Gasteiger partial charge in [-0.15, -0.1) is 10.2 Å². The average molecular weight is 286 g/mol. The van der Waals surface area contributed by atoms with Gasteiger partial charge in [0.2, 0.25) is 5.78 Å². The largest absolute Gasteiger partial charge is 0.285 e. The van der Waals surface area contributed by atoms with Crippen molar-refractivity contribution in [1.82, 2.24) is 24.7 Å². The maximum atomic E-state index is 12.4. The number of pyridine rings is 1. The molecule has 3 aromatic heterocycles. The van der Waals surface area contributed by atoms with Gasteiger partial charge in [0.05, 0.1) is 0 Å². The van der Waals surface area contributed by atoms with E-state index in [2.05, 4.69) is 20.2 Å². The van der Waals surface area contributed by atoms with Crippen LogP contribution in [0.1, 0.15) is 16.2 Å². The molecule has 0 aliphatic carbocycles. The molecular formula is C13H8ClN5O. The van der Waals surface area contributed by atoms with Gasteiger partial charge in [0.1, 0.15) is 0 Å². The second-order valence-electron chi connectivity index (χ2n) is 3.90. The minimum Gasteiger partial charge on any atom is -0.285 e. The number of nitrogens with zero attached hydrogens (tertiary/aromatic N) is 5. The van der Waals surface area contributed by atoms with Crippen LogP contribution in [0, 0.1) is 0 Å². The summed E-state index contributed by atoms with van der Waals surface area (Å²) in [6, 6.07) is 6.54. The summed E-state index contributed by atoms with van der Waals surface area (Å²) < 4.78 is 1.56.